The highest BCUT2D eigenvalue weighted by atomic mass is 16.5. The summed E-state index contributed by atoms with van der Waals surface area (Å²) >= 11 is 0. The fraction of sp³-hybridized carbons (Fsp3) is 0.958. The van der Waals surface area contributed by atoms with Crippen LogP contribution < -0.4 is 0 Å². The van der Waals surface area contributed by atoms with Crippen molar-refractivity contribution in [2.24, 2.45) is 33.5 Å². The zero-order valence-electron chi connectivity index (χ0n) is 19.6. The molecule has 1 fully saturated rings. The van der Waals surface area contributed by atoms with E-state index in [4.69, 9.17) is 4.74 Å². The van der Waals surface area contributed by atoms with Crippen LogP contribution in [0, 0.1) is 33.5 Å². The van der Waals surface area contributed by atoms with Crippen LogP contribution in [0.3, 0.4) is 0 Å². The zero-order valence-corrected chi connectivity index (χ0v) is 19.6. The molecule has 4 unspecified atom stereocenters. The minimum atomic E-state index is -0.426. The van der Waals surface area contributed by atoms with E-state index in [0.29, 0.717) is 17.3 Å². The van der Waals surface area contributed by atoms with Crippen LogP contribution in [0.25, 0.3) is 0 Å². The first-order valence-corrected chi connectivity index (χ1v) is 10.7. The van der Waals surface area contributed by atoms with Crippen molar-refractivity contribution in [1.29, 1.82) is 0 Å². The molecule has 1 saturated carbocycles. The molecule has 0 spiro atoms. The molecule has 0 aromatic carbocycles. The van der Waals surface area contributed by atoms with Gasteiger partial charge in [0.15, 0.2) is 0 Å². The Morgan fingerprint density at radius 1 is 0.885 bits per heavy atom. The molecule has 0 aromatic rings. The van der Waals surface area contributed by atoms with Crippen molar-refractivity contribution >= 4 is 5.97 Å². The largest absolute Gasteiger partial charge is 0.462 e. The van der Waals surface area contributed by atoms with Crippen LogP contribution in [0.15, 0.2) is 0 Å². The topological polar surface area (TPSA) is 26.3 Å². The van der Waals surface area contributed by atoms with Gasteiger partial charge in [-0.15, -0.1) is 0 Å². The third-order valence-electron chi connectivity index (χ3n) is 7.24. The summed E-state index contributed by atoms with van der Waals surface area (Å²) in [6.45, 7) is 24.7. The van der Waals surface area contributed by atoms with Crippen LogP contribution in [0.1, 0.15) is 108 Å². The summed E-state index contributed by atoms with van der Waals surface area (Å²) in [6.07, 6.45) is 5.26. The Morgan fingerprint density at radius 2 is 1.42 bits per heavy atom. The van der Waals surface area contributed by atoms with Gasteiger partial charge < -0.3 is 4.74 Å². The van der Waals surface area contributed by atoms with Crippen molar-refractivity contribution in [2.45, 2.75) is 114 Å². The average molecular weight is 367 g/mol. The molecule has 0 heterocycles. The molecule has 0 aromatic heterocycles. The van der Waals surface area contributed by atoms with E-state index in [-0.39, 0.29) is 22.9 Å². The van der Waals surface area contributed by atoms with Gasteiger partial charge in [-0.25, -0.2) is 0 Å². The number of hydrogen-bond acceptors (Lipinski definition) is 2. The molecule has 0 saturated heterocycles. The van der Waals surface area contributed by atoms with E-state index >= 15 is 0 Å². The second kappa shape index (κ2) is 7.84. The molecule has 2 heteroatoms. The first-order valence-electron chi connectivity index (χ1n) is 10.7. The predicted octanol–water partition coefficient (Wildman–Crippen LogP) is 7.26. The lowest BCUT2D eigenvalue weighted by atomic mass is 9.62. The van der Waals surface area contributed by atoms with E-state index in [1.54, 1.807) is 0 Å². The molecule has 0 aliphatic heterocycles. The molecule has 26 heavy (non-hydrogen) atoms. The summed E-state index contributed by atoms with van der Waals surface area (Å²) in [6, 6.07) is 0. The molecule has 1 rings (SSSR count). The number of rotatable bonds is 4. The van der Waals surface area contributed by atoms with Gasteiger partial charge in [-0.1, -0.05) is 75.7 Å². The summed E-state index contributed by atoms with van der Waals surface area (Å²) < 4.78 is 6.30. The summed E-state index contributed by atoms with van der Waals surface area (Å²) in [5, 5.41) is 0. The predicted molar refractivity (Wildman–Crippen MR) is 112 cm³/mol. The normalized spacial score (nSPS) is 27.7. The van der Waals surface area contributed by atoms with Crippen molar-refractivity contribution in [2.75, 3.05) is 0 Å². The number of carbonyl (C=O) groups is 1. The van der Waals surface area contributed by atoms with Crippen molar-refractivity contribution in [3.8, 4) is 0 Å². The second-order valence-electron chi connectivity index (χ2n) is 12.1. The SMILES string of the molecule is CCCC(C)(C(=O)OC1CCC(C(C)(C)C)CC1C(C)(C)C)C(C)(C)C. The van der Waals surface area contributed by atoms with Crippen molar-refractivity contribution in [3.05, 3.63) is 0 Å². The van der Waals surface area contributed by atoms with E-state index in [2.05, 4.69) is 76.2 Å². The molecule has 0 bridgehead atoms. The number of esters is 1. The van der Waals surface area contributed by atoms with Gasteiger partial charge in [0.05, 0.1) is 5.41 Å². The fourth-order valence-electron chi connectivity index (χ4n) is 4.53. The minimum absolute atomic E-state index is 0.0142. The van der Waals surface area contributed by atoms with Crippen LogP contribution in [-0.2, 0) is 9.53 Å². The van der Waals surface area contributed by atoms with Crippen LogP contribution in [0.5, 0.6) is 0 Å². The highest BCUT2D eigenvalue weighted by Crippen LogP contribution is 2.49. The Labute approximate surface area is 163 Å². The minimum Gasteiger partial charge on any atom is -0.462 e. The fourth-order valence-corrected chi connectivity index (χ4v) is 4.53. The molecule has 2 nitrogen and oxygen atoms in total. The lowest BCUT2D eigenvalue weighted by Crippen LogP contribution is -2.47. The smallest absolute Gasteiger partial charge is 0.312 e. The van der Waals surface area contributed by atoms with Gasteiger partial charge in [-0.05, 0) is 54.8 Å². The molecular weight excluding hydrogens is 320 g/mol. The van der Waals surface area contributed by atoms with Gasteiger partial charge >= 0.3 is 5.97 Å². The summed E-state index contributed by atoms with van der Waals surface area (Å²) in [5.41, 5.74) is -0.0522. The van der Waals surface area contributed by atoms with E-state index in [9.17, 15) is 4.79 Å². The number of carbonyl (C=O) groups excluding carboxylic acids is 1. The maximum Gasteiger partial charge on any atom is 0.312 e. The van der Waals surface area contributed by atoms with Gasteiger partial charge in [0.1, 0.15) is 6.10 Å². The molecular formula is C24H46O2. The Hall–Kier alpha value is -0.530. The monoisotopic (exact) mass is 366 g/mol. The van der Waals surface area contributed by atoms with Crippen molar-refractivity contribution in [1.82, 2.24) is 0 Å². The lowest BCUT2D eigenvalue weighted by molar-refractivity contribution is -0.177. The van der Waals surface area contributed by atoms with Gasteiger partial charge in [0.25, 0.3) is 0 Å². The lowest BCUT2D eigenvalue weighted by Gasteiger charge is -2.48. The molecule has 1 aliphatic rings. The third-order valence-corrected chi connectivity index (χ3v) is 7.24. The van der Waals surface area contributed by atoms with E-state index in [1.807, 2.05) is 0 Å². The summed E-state index contributed by atoms with van der Waals surface area (Å²) in [4.78, 5) is 13.3. The summed E-state index contributed by atoms with van der Waals surface area (Å²) in [5.74, 6) is 1.14. The van der Waals surface area contributed by atoms with Crippen LogP contribution in [0.2, 0.25) is 0 Å². The van der Waals surface area contributed by atoms with Crippen LogP contribution in [-0.4, -0.2) is 12.1 Å². The van der Waals surface area contributed by atoms with Crippen LogP contribution >= 0.6 is 0 Å². The molecule has 0 radical (unpaired) electrons. The number of hydrogen-bond donors (Lipinski definition) is 0. The second-order valence-corrected chi connectivity index (χ2v) is 12.1. The summed E-state index contributed by atoms with van der Waals surface area (Å²) in [7, 11) is 0. The highest BCUT2D eigenvalue weighted by molar-refractivity contribution is 5.77. The van der Waals surface area contributed by atoms with E-state index in [1.165, 1.54) is 0 Å². The van der Waals surface area contributed by atoms with Gasteiger partial charge in [0.2, 0.25) is 0 Å². The molecule has 154 valence electrons. The van der Waals surface area contributed by atoms with Gasteiger partial charge in [-0.3, -0.25) is 4.79 Å². The molecule has 0 N–H and O–H groups in total. The average Bonchev–Trinajstić information content (AvgIpc) is 2.44. The standard InChI is InChI=1S/C24H46O2/c1-12-15-24(11,23(8,9)10)20(25)26-19-14-13-17(21(2,3)4)16-18(19)22(5,6)7/h17-19H,12-16H2,1-11H3. The van der Waals surface area contributed by atoms with Crippen LogP contribution in [0.4, 0.5) is 0 Å². The maximum atomic E-state index is 13.3. The van der Waals surface area contributed by atoms with E-state index < -0.39 is 5.41 Å². The molecule has 0 amide bonds. The first kappa shape index (κ1) is 23.5. The van der Waals surface area contributed by atoms with E-state index in [0.717, 1.165) is 32.1 Å². The highest BCUT2D eigenvalue weighted by Gasteiger charge is 2.48. The zero-order chi connectivity index (χ0) is 20.6. The maximum absolute atomic E-state index is 13.3. The Kier molecular flexibility index (Phi) is 7.09. The van der Waals surface area contributed by atoms with Crippen molar-refractivity contribution in [3.63, 3.8) is 0 Å². The Balaban J connectivity index is 3.04. The Bertz CT molecular complexity index is 472. The van der Waals surface area contributed by atoms with Gasteiger partial charge in [0, 0.05) is 5.92 Å². The number of ether oxygens (including phenoxy) is 1. The molecule has 1 aliphatic carbocycles. The third kappa shape index (κ3) is 5.26. The van der Waals surface area contributed by atoms with Crippen molar-refractivity contribution < 1.29 is 9.53 Å². The van der Waals surface area contributed by atoms with Gasteiger partial charge in [-0.2, -0.15) is 0 Å². The molecule has 4 atom stereocenters. The Morgan fingerprint density at radius 3 is 1.81 bits per heavy atom. The quantitative estimate of drug-likeness (QED) is 0.489. The first-order chi connectivity index (χ1) is 11.5.